The van der Waals surface area contributed by atoms with Crippen LogP contribution >= 0.6 is 0 Å². The van der Waals surface area contributed by atoms with Crippen molar-refractivity contribution >= 4 is 22.6 Å². The highest BCUT2D eigenvalue weighted by Gasteiger charge is 2.31. The summed E-state index contributed by atoms with van der Waals surface area (Å²) in [5, 5.41) is 13.5. The van der Waals surface area contributed by atoms with Crippen molar-refractivity contribution in [1.82, 2.24) is 4.57 Å². The Morgan fingerprint density at radius 2 is 1.92 bits per heavy atom. The first-order valence-corrected chi connectivity index (χ1v) is 8.21. The number of fused-ring (bicyclic) bond motifs is 1. The van der Waals surface area contributed by atoms with Crippen LogP contribution in [0.3, 0.4) is 0 Å². The number of rotatable bonds is 4. The van der Waals surface area contributed by atoms with Crippen molar-refractivity contribution < 1.29 is 9.53 Å². The first-order chi connectivity index (χ1) is 12.2. The molecule has 1 fully saturated rings. The Balaban J connectivity index is 1.93. The van der Waals surface area contributed by atoms with Gasteiger partial charge < -0.3 is 10.1 Å². The number of hydrogen-bond donors (Lipinski definition) is 1. The zero-order valence-electron chi connectivity index (χ0n) is 13.8. The molecule has 1 saturated carbocycles. The predicted molar refractivity (Wildman–Crippen MR) is 95.9 cm³/mol. The van der Waals surface area contributed by atoms with Gasteiger partial charge in [-0.3, -0.25) is 9.36 Å². The Kier molecular flexibility index (Phi) is 3.66. The molecule has 0 aliphatic heterocycles. The first kappa shape index (κ1) is 15.3. The number of aromatic nitrogens is 1. The van der Waals surface area contributed by atoms with Gasteiger partial charge in [0, 0.05) is 17.0 Å². The largest absolute Gasteiger partial charge is 0.497 e. The molecule has 0 saturated heterocycles. The summed E-state index contributed by atoms with van der Waals surface area (Å²) >= 11 is 0. The molecule has 0 spiro atoms. The summed E-state index contributed by atoms with van der Waals surface area (Å²) in [6.07, 6.45) is 1.83. The lowest BCUT2D eigenvalue weighted by Gasteiger charge is -2.12. The van der Waals surface area contributed by atoms with Crippen molar-refractivity contribution in [3.05, 3.63) is 54.1 Å². The number of methoxy groups -OCH3 is 1. The van der Waals surface area contributed by atoms with Crippen molar-refractivity contribution in [2.45, 2.75) is 12.8 Å². The minimum absolute atomic E-state index is 0.0194. The molecule has 1 amide bonds. The second kappa shape index (κ2) is 5.99. The van der Waals surface area contributed by atoms with Gasteiger partial charge in [-0.25, -0.2) is 0 Å². The minimum Gasteiger partial charge on any atom is -0.497 e. The van der Waals surface area contributed by atoms with Gasteiger partial charge in [-0.1, -0.05) is 18.2 Å². The summed E-state index contributed by atoms with van der Waals surface area (Å²) in [6, 6.07) is 17.5. The van der Waals surface area contributed by atoms with Gasteiger partial charge in [0.1, 0.15) is 23.2 Å². The fraction of sp³-hybridized carbons (Fsp3) is 0.200. The van der Waals surface area contributed by atoms with E-state index in [1.54, 1.807) is 7.11 Å². The third-order valence-electron chi connectivity index (χ3n) is 4.51. The Labute approximate surface area is 145 Å². The molecule has 1 aliphatic rings. The monoisotopic (exact) mass is 331 g/mol. The number of amides is 1. The van der Waals surface area contributed by atoms with E-state index < -0.39 is 0 Å². The maximum absolute atomic E-state index is 12.3. The van der Waals surface area contributed by atoms with Gasteiger partial charge in [0.25, 0.3) is 0 Å². The topological polar surface area (TPSA) is 67.0 Å². The molecule has 5 heteroatoms. The number of nitrogens with zero attached hydrogens (tertiary/aromatic N) is 2. The maximum Gasteiger partial charge on any atom is 0.228 e. The molecule has 0 bridgehead atoms. The van der Waals surface area contributed by atoms with Gasteiger partial charge in [-0.2, -0.15) is 5.26 Å². The van der Waals surface area contributed by atoms with Crippen LogP contribution in [0.15, 0.2) is 48.5 Å². The Bertz CT molecular complexity index is 992. The number of para-hydroxylation sites is 1. The summed E-state index contributed by atoms with van der Waals surface area (Å²) < 4.78 is 7.15. The SMILES string of the molecule is COc1ccc(-n2c(NC(=O)C3CC3)c(C#N)c3ccccc32)cc1. The molecule has 0 atom stereocenters. The van der Waals surface area contributed by atoms with Crippen molar-refractivity contribution in [2.24, 2.45) is 5.92 Å². The summed E-state index contributed by atoms with van der Waals surface area (Å²) in [6.45, 7) is 0. The summed E-state index contributed by atoms with van der Waals surface area (Å²) in [4.78, 5) is 12.3. The lowest BCUT2D eigenvalue weighted by molar-refractivity contribution is -0.117. The lowest BCUT2D eigenvalue weighted by atomic mass is 10.2. The van der Waals surface area contributed by atoms with Crippen LogP contribution in [0.1, 0.15) is 18.4 Å². The van der Waals surface area contributed by atoms with E-state index in [1.165, 1.54) is 0 Å². The van der Waals surface area contributed by atoms with Crippen LogP contribution in [0, 0.1) is 17.2 Å². The van der Waals surface area contributed by atoms with E-state index in [1.807, 2.05) is 53.1 Å². The fourth-order valence-electron chi connectivity index (χ4n) is 3.04. The van der Waals surface area contributed by atoms with Crippen LogP contribution < -0.4 is 10.1 Å². The third kappa shape index (κ3) is 2.62. The molecule has 0 unspecified atom stereocenters. The highest BCUT2D eigenvalue weighted by atomic mass is 16.5. The van der Waals surface area contributed by atoms with Gasteiger partial charge in [-0.05, 0) is 43.2 Å². The molecule has 25 heavy (non-hydrogen) atoms. The number of nitriles is 1. The van der Waals surface area contributed by atoms with Crippen molar-refractivity contribution in [3.8, 4) is 17.5 Å². The number of anilines is 1. The number of carbonyl (C=O) groups is 1. The Morgan fingerprint density at radius 3 is 2.56 bits per heavy atom. The second-order valence-electron chi connectivity index (χ2n) is 6.15. The van der Waals surface area contributed by atoms with Gasteiger partial charge in [0.2, 0.25) is 5.91 Å². The van der Waals surface area contributed by atoms with Crippen molar-refractivity contribution in [2.75, 3.05) is 12.4 Å². The van der Waals surface area contributed by atoms with Gasteiger partial charge in [-0.15, -0.1) is 0 Å². The Hall–Kier alpha value is -3.26. The summed E-state index contributed by atoms with van der Waals surface area (Å²) in [5.41, 5.74) is 2.24. The predicted octanol–water partition coefficient (Wildman–Crippen LogP) is 3.86. The quantitative estimate of drug-likeness (QED) is 0.789. The van der Waals surface area contributed by atoms with E-state index >= 15 is 0 Å². The average Bonchev–Trinajstić information content (AvgIpc) is 3.45. The molecule has 5 nitrogen and oxygen atoms in total. The molecule has 124 valence electrons. The highest BCUT2D eigenvalue weighted by Crippen LogP contribution is 2.36. The van der Waals surface area contributed by atoms with E-state index in [0.717, 1.165) is 35.2 Å². The standard InChI is InChI=1S/C20H17N3O2/c1-25-15-10-8-14(9-11-15)23-18-5-3-2-4-16(18)17(12-21)19(23)22-20(24)13-6-7-13/h2-5,8-11,13H,6-7H2,1H3,(H,22,24). The molecule has 1 heterocycles. The fourth-order valence-corrected chi connectivity index (χ4v) is 3.04. The van der Waals surface area contributed by atoms with Gasteiger partial charge in [0.15, 0.2) is 0 Å². The van der Waals surface area contributed by atoms with Crippen LogP contribution in [0.25, 0.3) is 16.6 Å². The normalized spacial score (nSPS) is 13.4. The number of nitrogens with one attached hydrogen (secondary N) is 1. The summed E-state index contributed by atoms with van der Waals surface area (Å²) in [7, 11) is 1.62. The smallest absolute Gasteiger partial charge is 0.228 e. The molecule has 0 radical (unpaired) electrons. The van der Waals surface area contributed by atoms with Crippen LogP contribution in [-0.2, 0) is 4.79 Å². The molecule has 2 aromatic carbocycles. The minimum atomic E-state index is -0.0194. The molecule has 1 aliphatic carbocycles. The van der Waals surface area contributed by atoms with Crippen LogP contribution in [0.5, 0.6) is 5.75 Å². The zero-order chi connectivity index (χ0) is 17.4. The first-order valence-electron chi connectivity index (χ1n) is 8.21. The molecule has 1 aromatic heterocycles. The van der Waals surface area contributed by atoms with Gasteiger partial charge >= 0.3 is 0 Å². The summed E-state index contributed by atoms with van der Waals surface area (Å²) in [5.74, 6) is 1.33. The second-order valence-corrected chi connectivity index (χ2v) is 6.15. The number of carbonyl (C=O) groups excluding carboxylic acids is 1. The van der Waals surface area contributed by atoms with Crippen molar-refractivity contribution in [1.29, 1.82) is 5.26 Å². The molecular weight excluding hydrogens is 314 g/mol. The molecule has 3 aromatic rings. The zero-order valence-corrected chi connectivity index (χ0v) is 13.8. The molecule has 1 N–H and O–H groups in total. The molecular formula is C20H17N3O2. The number of ether oxygens (including phenoxy) is 1. The van der Waals surface area contributed by atoms with E-state index in [0.29, 0.717) is 11.4 Å². The third-order valence-corrected chi connectivity index (χ3v) is 4.51. The average molecular weight is 331 g/mol. The van der Waals surface area contributed by atoms with Crippen LogP contribution in [0.4, 0.5) is 5.82 Å². The number of benzene rings is 2. The Morgan fingerprint density at radius 1 is 1.20 bits per heavy atom. The van der Waals surface area contributed by atoms with Crippen LogP contribution in [-0.4, -0.2) is 17.6 Å². The molecule has 4 rings (SSSR count). The van der Waals surface area contributed by atoms with E-state index in [9.17, 15) is 10.1 Å². The van der Waals surface area contributed by atoms with Crippen LogP contribution in [0.2, 0.25) is 0 Å². The van der Waals surface area contributed by atoms with E-state index in [4.69, 9.17) is 4.74 Å². The van der Waals surface area contributed by atoms with E-state index in [2.05, 4.69) is 11.4 Å². The van der Waals surface area contributed by atoms with Crippen molar-refractivity contribution in [3.63, 3.8) is 0 Å². The maximum atomic E-state index is 12.3. The lowest BCUT2D eigenvalue weighted by Crippen LogP contribution is -2.16. The number of hydrogen-bond acceptors (Lipinski definition) is 3. The van der Waals surface area contributed by atoms with E-state index in [-0.39, 0.29) is 11.8 Å². The highest BCUT2D eigenvalue weighted by molar-refractivity contribution is 6.01. The van der Waals surface area contributed by atoms with Gasteiger partial charge in [0.05, 0.1) is 12.6 Å².